The monoisotopic (exact) mass is 345 g/mol. The summed E-state index contributed by atoms with van der Waals surface area (Å²) in [5, 5.41) is 0. The van der Waals surface area contributed by atoms with E-state index in [2.05, 4.69) is 9.88 Å². The summed E-state index contributed by atoms with van der Waals surface area (Å²) < 4.78 is 27.1. The molecule has 1 aromatic heterocycles. The number of rotatable bonds is 5. The molecule has 1 aromatic carbocycles. The van der Waals surface area contributed by atoms with Crippen LogP contribution >= 0.6 is 0 Å². The van der Waals surface area contributed by atoms with Crippen LogP contribution in [-0.4, -0.2) is 55.3 Å². The molecule has 24 heavy (non-hydrogen) atoms. The standard InChI is InChI=1S/C18H23N3O2S/c1-16-3-2-4-18(15-16)24(22,23)21-13-11-20(12-14-21)10-7-17-5-8-19-9-6-17/h2-6,8-9,15H,7,10-14H2,1H3. The van der Waals surface area contributed by atoms with E-state index in [0.717, 1.165) is 31.6 Å². The van der Waals surface area contributed by atoms with Crippen molar-refractivity contribution in [3.05, 3.63) is 59.9 Å². The lowest BCUT2D eigenvalue weighted by molar-refractivity contribution is 0.190. The second-order valence-corrected chi connectivity index (χ2v) is 8.11. The summed E-state index contributed by atoms with van der Waals surface area (Å²) in [6, 6.07) is 11.2. The molecule has 1 aliphatic rings. The van der Waals surface area contributed by atoms with Crippen LogP contribution in [0.2, 0.25) is 0 Å². The second-order valence-electron chi connectivity index (χ2n) is 6.17. The lowest BCUT2D eigenvalue weighted by Crippen LogP contribution is -2.49. The molecule has 0 spiro atoms. The topological polar surface area (TPSA) is 53.5 Å². The molecular weight excluding hydrogens is 322 g/mol. The molecule has 0 aliphatic carbocycles. The highest BCUT2D eigenvalue weighted by molar-refractivity contribution is 7.89. The Morgan fingerprint density at radius 2 is 1.75 bits per heavy atom. The van der Waals surface area contributed by atoms with Crippen molar-refractivity contribution in [1.29, 1.82) is 0 Å². The molecule has 1 fully saturated rings. The van der Waals surface area contributed by atoms with Crippen LogP contribution in [0.4, 0.5) is 0 Å². The van der Waals surface area contributed by atoms with E-state index in [-0.39, 0.29) is 0 Å². The summed E-state index contributed by atoms with van der Waals surface area (Å²) in [6.07, 6.45) is 4.58. The molecule has 0 unspecified atom stereocenters. The van der Waals surface area contributed by atoms with Crippen LogP contribution in [0.25, 0.3) is 0 Å². The summed E-state index contributed by atoms with van der Waals surface area (Å²) in [7, 11) is -3.38. The normalized spacial score (nSPS) is 17.0. The Balaban J connectivity index is 1.56. The van der Waals surface area contributed by atoms with Gasteiger partial charge in [-0.05, 0) is 48.7 Å². The summed E-state index contributed by atoms with van der Waals surface area (Å²) >= 11 is 0. The van der Waals surface area contributed by atoms with E-state index in [1.54, 1.807) is 22.5 Å². The van der Waals surface area contributed by atoms with Gasteiger partial charge in [-0.15, -0.1) is 0 Å². The van der Waals surface area contributed by atoms with Crippen LogP contribution in [0, 0.1) is 6.92 Å². The number of aryl methyl sites for hydroxylation is 1. The lowest BCUT2D eigenvalue weighted by Gasteiger charge is -2.34. The van der Waals surface area contributed by atoms with Crippen molar-refractivity contribution < 1.29 is 8.42 Å². The molecule has 1 saturated heterocycles. The third-order valence-corrected chi connectivity index (χ3v) is 6.32. The van der Waals surface area contributed by atoms with Crippen LogP contribution in [0.1, 0.15) is 11.1 Å². The fraction of sp³-hybridized carbons (Fsp3) is 0.389. The molecule has 5 nitrogen and oxygen atoms in total. The lowest BCUT2D eigenvalue weighted by atomic mass is 10.2. The predicted octanol–water partition coefficient (Wildman–Crippen LogP) is 1.94. The smallest absolute Gasteiger partial charge is 0.243 e. The quantitative estimate of drug-likeness (QED) is 0.831. The number of pyridine rings is 1. The first-order valence-corrected chi connectivity index (χ1v) is 9.68. The van der Waals surface area contributed by atoms with Gasteiger partial charge in [0.2, 0.25) is 10.0 Å². The molecule has 6 heteroatoms. The summed E-state index contributed by atoms with van der Waals surface area (Å²) in [5.74, 6) is 0. The first-order chi connectivity index (χ1) is 11.6. The van der Waals surface area contributed by atoms with Crippen molar-refractivity contribution >= 4 is 10.0 Å². The Bertz CT molecular complexity index is 770. The van der Waals surface area contributed by atoms with E-state index in [1.807, 2.05) is 37.5 Å². The highest BCUT2D eigenvalue weighted by Gasteiger charge is 2.28. The van der Waals surface area contributed by atoms with E-state index >= 15 is 0 Å². The zero-order valence-electron chi connectivity index (χ0n) is 13.9. The fourth-order valence-electron chi connectivity index (χ4n) is 2.96. The molecular formula is C18H23N3O2S. The first-order valence-electron chi connectivity index (χ1n) is 8.24. The molecule has 0 saturated carbocycles. The predicted molar refractivity (Wildman–Crippen MR) is 94.3 cm³/mol. The molecule has 0 bridgehead atoms. The molecule has 0 N–H and O–H groups in total. The average Bonchev–Trinajstić information content (AvgIpc) is 2.61. The molecule has 2 aromatic rings. The van der Waals surface area contributed by atoms with Crippen LogP contribution in [0.3, 0.4) is 0 Å². The SMILES string of the molecule is Cc1cccc(S(=O)(=O)N2CCN(CCc3ccncc3)CC2)c1. The minimum atomic E-state index is -3.38. The Morgan fingerprint density at radius 3 is 2.42 bits per heavy atom. The molecule has 128 valence electrons. The van der Waals surface area contributed by atoms with Crippen molar-refractivity contribution in [2.45, 2.75) is 18.2 Å². The Hall–Kier alpha value is -1.76. The van der Waals surface area contributed by atoms with E-state index in [1.165, 1.54) is 5.56 Å². The van der Waals surface area contributed by atoms with Crippen LogP contribution in [0.5, 0.6) is 0 Å². The average molecular weight is 345 g/mol. The van der Waals surface area contributed by atoms with E-state index in [0.29, 0.717) is 18.0 Å². The molecule has 0 amide bonds. The maximum atomic E-state index is 12.7. The molecule has 3 rings (SSSR count). The third-order valence-electron chi connectivity index (χ3n) is 4.42. The molecule has 2 heterocycles. The maximum Gasteiger partial charge on any atom is 0.243 e. The van der Waals surface area contributed by atoms with Crippen molar-refractivity contribution in [3.8, 4) is 0 Å². The number of piperazine rings is 1. The van der Waals surface area contributed by atoms with Crippen LogP contribution in [-0.2, 0) is 16.4 Å². The number of hydrogen-bond acceptors (Lipinski definition) is 4. The second kappa shape index (κ2) is 7.42. The summed E-state index contributed by atoms with van der Waals surface area (Å²) in [6.45, 7) is 5.50. The highest BCUT2D eigenvalue weighted by atomic mass is 32.2. The Morgan fingerprint density at radius 1 is 1.04 bits per heavy atom. The highest BCUT2D eigenvalue weighted by Crippen LogP contribution is 2.18. The summed E-state index contributed by atoms with van der Waals surface area (Å²) in [5.41, 5.74) is 2.23. The van der Waals surface area contributed by atoms with Crippen molar-refractivity contribution in [2.75, 3.05) is 32.7 Å². The van der Waals surface area contributed by atoms with Crippen molar-refractivity contribution in [1.82, 2.24) is 14.2 Å². The maximum absolute atomic E-state index is 12.7. The van der Waals surface area contributed by atoms with Gasteiger partial charge in [0.15, 0.2) is 0 Å². The minimum Gasteiger partial charge on any atom is -0.300 e. The largest absolute Gasteiger partial charge is 0.300 e. The van der Waals surface area contributed by atoms with E-state index in [4.69, 9.17) is 0 Å². The van der Waals surface area contributed by atoms with Gasteiger partial charge < -0.3 is 4.90 Å². The Labute approximate surface area is 144 Å². The zero-order chi connectivity index (χ0) is 17.0. The number of sulfonamides is 1. The van der Waals surface area contributed by atoms with Crippen LogP contribution < -0.4 is 0 Å². The summed E-state index contributed by atoms with van der Waals surface area (Å²) in [4.78, 5) is 6.74. The van der Waals surface area contributed by atoms with Crippen molar-refractivity contribution in [2.24, 2.45) is 0 Å². The van der Waals surface area contributed by atoms with Gasteiger partial charge in [-0.3, -0.25) is 4.98 Å². The van der Waals surface area contributed by atoms with Gasteiger partial charge in [-0.2, -0.15) is 4.31 Å². The van der Waals surface area contributed by atoms with Gasteiger partial charge >= 0.3 is 0 Å². The first kappa shape index (κ1) is 17.1. The van der Waals surface area contributed by atoms with Gasteiger partial charge in [-0.1, -0.05) is 12.1 Å². The number of aromatic nitrogens is 1. The third kappa shape index (κ3) is 4.01. The Kier molecular flexibility index (Phi) is 5.28. The van der Waals surface area contributed by atoms with E-state index in [9.17, 15) is 8.42 Å². The van der Waals surface area contributed by atoms with Gasteiger partial charge in [0.25, 0.3) is 0 Å². The molecule has 0 atom stereocenters. The zero-order valence-corrected chi connectivity index (χ0v) is 14.7. The van der Waals surface area contributed by atoms with Crippen LogP contribution in [0.15, 0.2) is 53.7 Å². The van der Waals surface area contributed by atoms with Crippen molar-refractivity contribution in [3.63, 3.8) is 0 Å². The van der Waals surface area contributed by atoms with Gasteiger partial charge in [0.1, 0.15) is 0 Å². The molecule has 0 radical (unpaired) electrons. The van der Waals surface area contributed by atoms with Gasteiger partial charge in [0, 0.05) is 45.1 Å². The number of benzene rings is 1. The minimum absolute atomic E-state index is 0.396. The van der Waals surface area contributed by atoms with E-state index < -0.39 is 10.0 Å². The molecule has 1 aliphatic heterocycles. The van der Waals surface area contributed by atoms with Gasteiger partial charge in [-0.25, -0.2) is 8.42 Å². The number of nitrogens with zero attached hydrogens (tertiary/aromatic N) is 3. The van der Waals surface area contributed by atoms with Gasteiger partial charge in [0.05, 0.1) is 4.90 Å². The fourth-order valence-corrected chi connectivity index (χ4v) is 4.48. The number of hydrogen-bond donors (Lipinski definition) is 0.